The fourth-order valence-corrected chi connectivity index (χ4v) is 2.00. The zero-order valence-corrected chi connectivity index (χ0v) is 12.0. The summed E-state index contributed by atoms with van der Waals surface area (Å²) in [6.07, 6.45) is -11.7. The minimum absolute atomic E-state index is 0.166. The van der Waals surface area contributed by atoms with Gasteiger partial charge < -0.3 is 14.2 Å². The smallest absolute Gasteiger partial charge is 0.475 e. The second kappa shape index (κ2) is 6.25. The molecule has 0 radical (unpaired) electrons. The van der Waals surface area contributed by atoms with Crippen molar-refractivity contribution < 1.29 is 45.3 Å². The first-order valence-corrected chi connectivity index (χ1v) is 6.53. The van der Waals surface area contributed by atoms with Crippen LogP contribution in [0.4, 0.5) is 26.3 Å². The van der Waals surface area contributed by atoms with Gasteiger partial charge >= 0.3 is 18.5 Å². The van der Waals surface area contributed by atoms with Crippen LogP contribution in [0.5, 0.6) is 11.5 Å². The summed E-state index contributed by atoms with van der Waals surface area (Å²) in [4.78, 5) is 11.7. The van der Waals surface area contributed by atoms with Crippen molar-refractivity contribution in [3.05, 3.63) is 29.3 Å². The molecule has 0 N–H and O–H groups in total. The fourth-order valence-electron chi connectivity index (χ4n) is 2.00. The predicted octanol–water partition coefficient (Wildman–Crippen LogP) is 3.86. The second-order valence-corrected chi connectivity index (χ2v) is 4.61. The number of fused-ring (bicyclic) bond motifs is 1. The number of esters is 1. The third-order valence-corrected chi connectivity index (χ3v) is 2.86. The molecule has 0 bridgehead atoms. The van der Waals surface area contributed by atoms with Gasteiger partial charge in [-0.25, -0.2) is 4.79 Å². The highest BCUT2D eigenvalue weighted by atomic mass is 19.4. The molecule has 1 aliphatic rings. The highest BCUT2D eigenvalue weighted by Gasteiger charge is 2.48. The molecule has 1 aliphatic heterocycles. The van der Waals surface area contributed by atoms with Crippen molar-refractivity contribution in [3.8, 4) is 11.5 Å². The van der Waals surface area contributed by atoms with Crippen LogP contribution in [0.25, 0.3) is 6.08 Å². The Balaban J connectivity index is 2.44. The Hall–Kier alpha value is -2.39. The molecule has 1 aromatic rings. The van der Waals surface area contributed by atoms with Gasteiger partial charge in [0.1, 0.15) is 11.5 Å². The molecule has 0 saturated heterocycles. The van der Waals surface area contributed by atoms with E-state index < -0.39 is 35.9 Å². The summed E-state index contributed by atoms with van der Waals surface area (Å²) >= 11 is 0. The van der Waals surface area contributed by atoms with E-state index in [0.717, 1.165) is 24.3 Å². The molecule has 0 aliphatic carbocycles. The standard InChI is InChI=1S/C14H10F6O4/c1-2-22-12(21)9-6-7-5-8(24-14(18,19)20)3-4-10(7)23-11(9)13(15,16)17/h3-6,11H,2H2,1H3/t11-/m1/s1. The zero-order valence-electron chi connectivity index (χ0n) is 12.0. The van der Waals surface area contributed by atoms with Crippen molar-refractivity contribution in [2.75, 3.05) is 6.61 Å². The first-order chi connectivity index (χ1) is 11.0. The van der Waals surface area contributed by atoms with Gasteiger partial charge in [0.15, 0.2) is 0 Å². The molecule has 1 heterocycles. The number of carbonyl (C=O) groups excluding carboxylic acids is 1. The van der Waals surface area contributed by atoms with Crippen LogP contribution >= 0.6 is 0 Å². The summed E-state index contributed by atoms with van der Waals surface area (Å²) in [7, 11) is 0. The summed E-state index contributed by atoms with van der Waals surface area (Å²) in [5.74, 6) is -2.26. The average molecular weight is 356 g/mol. The summed E-state index contributed by atoms with van der Waals surface area (Å²) in [6, 6.07) is 2.52. The third-order valence-electron chi connectivity index (χ3n) is 2.86. The lowest BCUT2D eigenvalue weighted by Gasteiger charge is -2.28. The first-order valence-electron chi connectivity index (χ1n) is 6.53. The molecule has 0 spiro atoms. The number of benzene rings is 1. The Morgan fingerprint density at radius 2 is 1.88 bits per heavy atom. The van der Waals surface area contributed by atoms with Gasteiger partial charge in [-0.05, 0) is 31.2 Å². The van der Waals surface area contributed by atoms with Crippen molar-refractivity contribution in [1.82, 2.24) is 0 Å². The van der Waals surface area contributed by atoms with E-state index in [-0.39, 0.29) is 17.9 Å². The van der Waals surface area contributed by atoms with Gasteiger partial charge in [0.25, 0.3) is 0 Å². The van der Waals surface area contributed by atoms with E-state index in [0.29, 0.717) is 0 Å². The van der Waals surface area contributed by atoms with Crippen molar-refractivity contribution in [2.45, 2.75) is 25.6 Å². The van der Waals surface area contributed by atoms with E-state index in [1.165, 1.54) is 6.92 Å². The summed E-state index contributed by atoms with van der Waals surface area (Å²) in [5.41, 5.74) is -1.03. The molecule has 10 heteroatoms. The number of ether oxygens (including phenoxy) is 3. The molecule has 132 valence electrons. The van der Waals surface area contributed by atoms with Crippen LogP contribution in [0, 0.1) is 0 Å². The topological polar surface area (TPSA) is 44.8 Å². The number of hydrogen-bond donors (Lipinski definition) is 0. The maximum absolute atomic E-state index is 13.0. The van der Waals surface area contributed by atoms with E-state index in [1.54, 1.807) is 0 Å². The van der Waals surface area contributed by atoms with Crippen LogP contribution in [0.2, 0.25) is 0 Å². The third kappa shape index (κ3) is 4.12. The molecule has 1 atom stereocenters. The number of halogens is 6. The number of hydrogen-bond acceptors (Lipinski definition) is 4. The summed E-state index contributed by atoms with van der Waals surface area (Å²) < 4.78 is 88.7. The monoisotopic (exact) mass is 356 g/mol. The molecule has 24 heavy (non-hydrogen) atoms. The quantitative estimate of drug-likeness (QED) is 0.610. The molecule has 0 amide bonds. The van der Waals surface area contributed by atoms with Crippen molar-refractivity contribution in [3.63, 3.8) is 0 Å². The SMILES string of the molecule is CCOC(=O)C1=Cc2cc(OC(F)(F)F)ccc2O[C@H]1C(F)(F)F. The van der Waals surface area contributed by atoms with Gasteiger partial charge in [-0.15, -0.1) is 13.2 Å². The van der Waals surface area contributed by atoms with E-state index in [4.69, 9.17) is 4.74 Å². The molecular weight excluding hydrogens is 346 g/mol. The van der Waals surface area contributed by atoms with Gasteiger partial charge in [-0.3, -0.25) is 0 Å². The Morgan fingerprint density at radius 1 is 1.21 bits per heavy atom. The summed E-state index contributed by atoms with van der Waals surface area (Å²) in [5, 5.41) is 0. The lowest BCUT2D eigenvalue weighted by Crippen LogP contribution is -2.40. The van der Waals surface area contributed by atoms with E-state index in [1.807, 2.05) is 0 Å². The maximum atomic E-state index is 13.0. The minimum Gasteiger partial charge on any atom is -0.475 e. The Bertz CT molecular complexity index is 662. The van der Waals surface area contributed by atoms with Gasteiger partial charge in [0.05, 0.1) is 12.2 Å². The summed E-state index contributed by atoms with van der Waals surface area (Å²) in [6.45, 7) is 1.22. The predicted molar refractivity (Wildman–Crippen MR) is 68.2 cm³/mol. The lowest BCUT2D eigenvalue weighted by molar-refractivity contribution is -0.274. The zero-order chi connectivity index (χ0) is 18.1. The number of alkyl halides is 6. The molecule has 0 saturated carbocycles. The first kappa shape index (κ1) is 18.0. The van der Waals surface area contributed by atoms with Gasteiger partial charge in [-0.2, -0.15) is 13.2 Å². The van der Waals surface area contributed by atoms with Crippen molar-refractivity contribution in [1.29, 1.82) is 0 Å². The lowest BCUT2D eigenvalue weighted by atomic mass is 10.0. The van der Waals surface area contributed by atoms with Crippen LogP contribution in [0.3, 0.4) is 0 Å². The second-order valence-electron chi connectivity index (χ2n) is 4.61. The van der Waals surface area contributed by atoms with Gasteiger partial charge in [0.2, 0.25) is 6.10 Å². The Labute approximate surface area is 131 Å². The highest BCUT2D eigenvalue weighted by Crippen LogP contribution is 2.39. The molecule has 0 unspecified atom stereocenters. The van der Waals surface area contributed by atoms with Crippen LogP contribution in [-0.2, 0) is 9.53 Å². The maximum Gasteiger partial charge on any atom is 0.573 e. The van der Waals surface area contributed by atoms with E-state index in [2.05, 4.69) is 9.47 Å². The van der Waals surface area contributed by atoms with Crippen LogP contribution < -0.4 is 9.47 Å². The number of rotatable bonds is 3. The van der Waals surface area contributed by atoms with Crippen molar-refractivity contribution >= 4 is 12.0 Å². The van der Waals surface area contributed by atoms with E-state index >= 15 is 0 Å². The molecule has 1 aromatic carbocycles. The average Bonchev–Trinajstić information content (AvgIpc) is 2.43. The normalized spacial score (nSPS) is 17.5. The van der Waals surface area contributed by atoms with Crippen LogP contribution in [0.1, 0.15) is 12.5 Å². The fraction of sp³-hybridized carbons (Fsp3) is 0.357. The van der Waals surface area contributed by atoms with Crippen LogP contribution in [-0.4, -0.2) is 31.2 Å². The van der Waals surface area contributed by atoms with Gasteiger partial charge in [0, 0.05) is 5.56 Å². The molecule has 0 aromatic heterocycles. The minimum atomic E-state index is -4.97. The Kier molecular flexibility index (Phi) is 4.68. The van der Waals surface area contributed by atoms with Crippen molar-refractivity contribution in [2.24, 2.45) is 0 Å². The molecule has 2 rings (SSSR count). The molecular formula is C14H10F6O4. The Morgan fingerprint density at radius 3 is 2.42 bits per heavy atom. The molecule has 0 fully saturated rings. The largest absolute Gasteiger partial charge is 0.573 e. The van der Waals surface area contributed by atoms with Gasteiger partial charge in [-0.1, -0.05) is 0 Å². The molecule has 4 nitrogen and oxygen atoms in total. The number of carbonyl (C=O) groups is 1. The highest BCUT2D eigenvalue weighted by molar-refractivity contribution is 5.96. The van der Waals surface area contributed by atoms with E-state index in [9.17, 15) is 31.1 Å². The van der Waals surface area contributed by atoms with Crippen LogP contribution in [0.15, 0.2) is 23.8 Å².